The Balaban J connectivity index is 2.12. The topological polar surface area (TPSA) is 64.6 Å². The minimum Gasteiger partial charge on any atom is -0.466 e. The van der Waals surface area contributed by atoms with Crippen molar-refractivity contribution in [3.8, 4) is 0 Å². The first kappa shape index (κ1) is 13.0. The number of hydrogen-bond acceptors (Lipinski definition) is 5. The summed E-state index contributed by atoms with van der Waals surface area (Å²) in [5, 5.41) is 3.18. The van der Waals surface area contributed by atoms with Crippen molar-refractivity contribution in [2.24, 2.45) is 5.92 Å². The summed E-state index contributed by atoms with van der Waals surface area (Å²) >= 11 is 0. The van der Waals surface area contributed by atoms with E-state index in [0.717, 1.165) is 25.9 Å². The van der Waals surface area contributed by atoms with E-state index in [9.17, 15) is 9.59 Å². The van der Waals surface area contributed by atoms with Crippen LogP contribution in [0.1, 0.15) is 26.2 Å². The van der Waals surface area contributed by atoms with E-state index in [-0.39, 0.29) is 30.9 Å². The molecule has 0 spiro atoms. The standard InChI is InChI=1S/C11H19NO4/c1-2-15-10(13)5-8-16-11(14)9-3-6-12-7-4-9/h9,12H,2-8H2,1H3. The molecule has 16 heavy (non-hydrogen) atoms. The van der Waals surface area contributed by atoms with Crippen molar-refractivity contribution < 1.29 is 19.1 Å². The van der Waals surface area contributed by atoms with Crippen molar-refractivity contribution in [3.05, 3.63) is 0 Å². The summed E-state index contributed by atoms with van der Waals surface area (Å²) in [4.78, 5) is 22.5. The summed E-state index contributed by atoms with van der Waals surface area (Å²) < 4.78 is 9.76. The third kappa shape index (κ3) is 4.61. The smallest absolute Gasteiger partial charge is 0.309 e. The fourth-order valence-electron chi connectivity index (χ4n) is 1.64. The van der Waals surface area contributed by atoms with E-state index in [1.165, 1.54) is 0 Å². The van der Waals surface area contributed by atoms with Crippen LogP contribution in [0.15, 0.2) is 0 Å². The molecule has 0 amide bonds. The van der Waals surface area contributed by atoms with Crippen LogP contribution >= 0.6 is 0 Å². The number of esters is 2. The molecule has 0 unspecified atom stereocenters. The molecule has 0 aromatic heterocycles. The van der Waals surface area contributed by atoms with Crippen LogP contribution < -0.4 is 5.32 Å². The SMILES string of the molecule is CCOC(=O)CCOC(=O)C1CCNCC1. The Morgan fingerprint density at radius 1 is 1.25 bits per heavy atom. The van der Waals surface area contributed by atoms with Gasteiger partial charge in [-0.3, -0.25) is 9.59 Å². The predicted molar refractivity (Wildman–Crippen MR) is 57.8 cm³/mol. The van der Waals surface area contributed by atoms with Crippen LogP contribution in [0, 0.1) is 5.92 Å². The molecule has 0 radical (unpaired) electrons. The van der Waals surface area contributed by atoms with Crippen LogP contribution in [0.4, 0.5) is 0 Å². The molecular weight excluding hydrogens is 210 g/mol. The average Bonchev–Trinajstić information content (AvgIpc) is 2.30. The number of rotatable bonds is 5. The number of ether oxygens (including phenoxy) is 2. The van der Waals surface area contributed by atoms with Gasteiger partial charge in [0.25, 0.3) is 0 Å². The van der Waals surface area contributed by atoms with E-state index in [4.69, 9.17) is 9.47 Å². The molecule has 0 aromatic carbocycles. The van der Waals surface area contributed by atoms with Gasteiger partial charge in [0.15, 0.2) is 0 Å². The van der Waals surface area contributed by atoms with E-state index in [1.807, 2.05) is 0 Å². The lowest BCUT2D eigenvalue weighted by Crippen LogP contribution is -2.33. The van der Waals surface area contributed by atoms with Crippen molar-refractivity contribution in [3.63, 3.8) is 0 Å². The van der Waals surface area contributed by atoms with E-state index in [2.05, 4.69) is 5.32 Å². The molecule has 0 atom stereocenters. The predicted octanol–water partition coefficient (Wildman–Crippen LogP) is 0.482. The molecule has 5 nitrogen and oxygen atoms in total. The van der Waals surface area contributed by atoms with E-state index < -0.39 is 0 Å². The summed E-state index contributed by atoms with van der Waals surface area (Å²) in [7, 11) is 0. The van der Waals surface area contributed by atoms with E-state index in [1.54, 1.807) is 6.92 Å². The zero-order valence-corrected chi connectivity index (χ0v) is 9.66. The van der Waals surface area contributed by atoms with Crippen molar-refractivity contribution in [2.75, 3.05) is 26.3 Å². The normalized spacial score (nSPS) is 16.8. The summed E-state index contributed by atoms with van der Waals surface area (Å²) in [6.07, 6.45) is 1.78. The van der Waals surface area contributed by atoms with Gasteiger partial charge < -0.3 is 14.8 Å². The maximum Gasteiger partial charge on any atom is 0.309 e. The highest BCUT2D eigenvalue weighted by molar-refractivity contribution is 5.73. The fraction of sp³-hybridized carbons (Fsp3) is 0.818. The second-order valence-corrected chi connectivity index (χ2v) is 3.75. The molecule has 0 saturated carbocycles. The molecule has 1 heterocycles. The lowest BCUT2D eigenvalue weighted by Gasteiger charge is -2.20. The van der Waals surface area contributed by atoms with Crippen LogP contribution in [0.2, 0.25) is 0 Å². The van der Waals surface area contributed by atoms with Crippen LogP contribution in [0.5, 0.6) is 0 Å². The lowest BCUT2D eigenvalue weighted by molar-refractivity contribution is -0.152. The molecule has 0 aliphatic carbocycles. The molecular formula is C11H19NO4. The first-order valence-corrected chi connectivity index (χ1v) is 5.77. The highest BCUT2D eigenvalue weighted by Crippen LogP contribution is 2.13. The van der Waals surface area contributed by atoms with Crippen molar-refractivity contribution in [2.45, 2.75) is 26.2 Å². The Morgan fingerprint density at radius 2 is 1.94 bits per heavy atom. The van der Waals surface area contributed by atoms with Gasteiger partial charge in [-0.2, -0.15) is 0 Å². The quantitative estimate of drug-likeness (QED) is 0.695. The first-order chi connectivity index (χ1) is 7.74. The van der Waals surface area contributed by atoms with Crippen molar-refractivity contribution in [1.82, 2.24) is 5.32 Å². The molecule has 92 valence electrons. The monoisotopic (exact) mass is 229 g/mol. The minimum atomic E-state index is -0.319. The summed E-state index contributed by atoms with van der Waals surface area (Å²) in [6.45, 7) is 3.96. The summed E-state index contributed by atoms with van der Waals surface area (Å²) in [5.41, 5.74) is 0. The second-order valence-electron chi connectivity index (χ2n) is 3.75. The van der Waals surface area contributed by atoms with Crippen molar-refractivity contribution >= 4 is 11.9 Å². The zero-order chi connectivity index (χ0) is 11.8. The highest BCUT2D eigenvalue weighted by atomic mass is 16.5. The lowest BCUT2D eigenvalue weighted by atomic mass is 9.99. The Hall–Kier alpha value is -1.10. The van der Waals surface area contributed by atoms with Gasteiger partial charge in [-0.1, -0.05) is 0 Å². The van der Waals surface area contributed by atoms with Gasteiger partial charge in [0, 0.05) is 0 Å². The van der Waals surface area contributed by atoms with Gasteiger partial charge in [0.05, 0.1) is 18.9 Å². The highest BCUT2D eigenvalue weighted by Gasteiger charge is 2.22. The average molecular weight is 229 g/mol. The molecule has 1 aliphatic rings. The third-order valence-electron chi connectivity index (χ3n) is 2.53. The zero-order valence-electron chi connectivity index (χ0n) is 9.66. The Morgan fingerprint density at radius 3 is 2.56 bits per heavy atom. The third-order valence-corrected chi connectivity index (χ3v) is 2.53. The molecule has 1 fully saturated rings. The summed E-state index contributed by atoms with van der Waals surface area (Å²) in [5.74, 6) is -0.519. The van der Waals surface area contributed by atoms with Gasteiger partial charge in [-0.15, -0.1) is 0 Å². The minimum absolute atomic E-state index is 0.0107. The van der Waals surface area contributed by atoms with Crippen LogP contribution in [0.3, 0.4) is 0 Å². The van der Waals surface area contributed by atoms with E-state index >= 15 is 0 Å². The number of carbonyl (C=O) groups excluding carboxylic acids is 2. The molecule has 1 N–H and O–H groups in total. The Labute approximate surface area is 95.5 Å². The maximum atomic E-state index is 11.5. The first-order valence-electron chi connectivity index (χ1n) is 5.77. The molecule has 1 aliphatic heterocycles. The number of nitrogens with one attached hydrogen (secondary N) is 1. The van der Waals surface area contributed by atoms with Gasteiger partial charge in [0.2, 0.25) is 0 Å². The number of hydrogen-bond donors (Lipinski definition) is 1. The number of carbonyl (C=O) groups is 2. The van der Waals surface area contributed by atoms with E-state index in [0.29, 0.717) is 6.61 Å². The van der Waals surface area contributed by atoms with Crippen LogP contribution in [-0.2, 0) is 19.1 Å². The second kappa shape index (κ2) is 7.22. The van der Waals surface area contributed by atoms with Gasteiger partial charge in [-0.25, -0.2) is 0 Å². The Kier molecular flexibility index (Phi) is 5.85. The summed E-state index contributed by atoms with van der Waals surface area (Å²) in [6, 6.07) is 0. The van der Waals surface area contributed by atoms with Gasteiger partial charge in [0.1, 0.15) is 6.61 Å². The van der Waals surface area contributed by atoms with Crippen LogP contribution in [-0.4, -0.2) is 38.2 Å². The molecule has 1 rings (SSSR count). The molecule has 0 bridgehead atoms. The fourth-order valence-corrected chi connectivity index (χ4v) is 1.64. The molecule has 0 aromatic rings. The Bertz CT molecular complexity index is 236. The van der Waals surface area contributed by atoms with Gasteiger partial charge in [-0.05, 0) is 32.9 Å². The number of piperidine rings is 1. The van der Waals surface area contributed by atoms with Crippen molar-refractivity contribution in [1.29, 1.82) is 0 Å². The molecule has 5 heteroatoms. The molecule has 1 saturated heterocycles. The largest absolute Gasteiger partial charge is 0.466 e. The maximum absolute atomic E-state index is 11.5. The van der Waals surface area contributed by atoms with Gasteiger partial charge >= 0.3 is 11.9 Å². The van der Waals surface area contributed by atoms with Crippen LogP contribution in [0.25, 0.3) is 0 Å².